The van der Waals surface area contributed by atoms with Gasteiger partial charge in [0.15, 0.2) is 0 Å². The fourth-order valence-corrected chi connectivity index (χ4v) is 4.21. The van der Waals surface area contributed by atoms with Crippen molar-refractivity contribution in [2.75, 3.05) is 12.4 Å². The molecule has 3 aromatic carbocycles. The first-order valence-electron chi connectivity index (χ1n) is 10.4. The second-order valence-electron chi connectivity index (χ2n) is 7.68. The number of rotatable bonds is 7. The number of urea groups is 1. The van der Waals surface area contributed by atoms with Crippen molar-refractivity contribution in [2.24, 2.45) is 0 Å². The lowest BCUT2D eigenvalue weighted by Gasteiger charge is -2.25. The molecular formula is C25H21FIN3O4. The predicted octanol–water partition coefficient (Wildman–Crippen LogP) is 4.28. The lowest BCUT2D eigenvalue weighted by molar-refractivity contribution is -0.134. The number of ether oxygens (including phenoxy) is 1. The number of carbonyl (C=O) groups is 3. The Bertz CT molecular complexity index is 1220. The Hall–Kier alpha value is -3.47. The molecule has 34 heavy (non-hydrogen) atoms. The second kappa shape index (κ2) is 10.2. The summed E-state index contributed by atoms with van der Waals surface area (Å²) in [7, 11) is 1.53. The minimum atomic E-state index is -1.18. The number of halogens is 2. The van der Waals surface area contributed by atoms with Crippen LogP contribution in [0.2, 0.25) is 0 Å². The van der Waals surface area contributed by atoms with E-state index < -0.39 is 35.7 Å². The Morgan fingerprint density at radius 1 is 1.12 bits per heavy atom. The van der Waals surface area contributed by atoms with E-state index in [1.54, 1.807) is 54.6 Å². The van der Waals surface area contributed by atoms with Crippen molar-refractivity contribution in [1.82, 2.24) is 10.2 Å². The van der Waals surface area contributed by atoms with Crippen LogP contribution >= 0.6 is 22.6 Å². The summed E-state index contributed by atoms with van der Waals surface area (Å²) < 4.78 is 20.2. The van der Waals surface area contributed by atoms with E-state index in [2.05, 4.69) is 10.6 Å². The Balaban J connectivity index is 1.64. The summed E-state index contributed by atoms with van der Waals surface area (Å²) in [5.74, 6) is -1.22. The smallest absolute Gasteiger partial charge is 0.325 e. The van der Waals surface area contributed by atoms with Crippen molar-refractivity contribution in [3.63, 3.8) is 0 Å². The van der Waals surface area contributed by atoms with Crippen LogP contribution in [0.4, 0.5) is 14.9 Å². The number of benzene rings is 3. The van der Waals surface area contributed by atoms with Crippen LogP contribution in [-0.2, 0) is 16.0 Å². The molecule has 1 aliphatic heterocycles. The monoisotopic (exact) mass is 573 g/mol. The summed E-state index contributed by atoms with van der Waals surface area (Å²) in [6.45, 7) is 0. The highest BCUT2D eigenvalue weighted by Gasteiger charge is 2.45. The molecule has 174 valence electrons. The minimum Gasteiger partial charge on any atom is -0.497 e. The van der Waals surface area contributed by atoms with Crippen molar-refractivity contribution in [1.29, 1.82) is 0 Å². The zero-order valence-corrected chi connectivity index (χ0v) is 20.3. The largest absolute Gasteiger partial charge is 0.497 e. The highest BCUT2D eigenvalue weighted by atomic mass is 127. The summed E-state index contributed by atoms with van der Waals surface area (Å²) >= 11 is 1.97. The molecule has 0 bridgehead atoms. The molecule has 1 saturated heterocycles. The van der Waals surface area contributed by atoms with Gasteiger partial charge in [-0.2, -0.15) is 0 Å². The molecule has 4 amide bonds. The molecule has 1 unspecified atom stereocenters. The number of imide groups is 1. The highest BCUT2D eigenvalue weighted by molar-refractivity contribution is 14.1. The van der Waals surface area contributed by atoms with Crippen molar-refractivity contribution in [2.45, 2.75) is 18.5 Å². The van der Waals surface area contributed by atoms with Crippen LogP contribution in [0.15, 0.2) is 72.8 Å². The van der Waals surface area contributed by atoms with Crippen LogP contribution in [0.1, 0.15) is 17.2 Å². The molecule has 2 atom stereocenters. The zero-order valence-electron chi connectivity index (χ0n) is 18.1. The van der Waals surface area contributed by atoms with Gasteiger partial charge in [-0.1, -0.05) is 42.5 Å². The summed E-state index contributed by atoms with van der Waals surface area (Å²) in [5.41, 5.74) is 1.28. The van der Waals surface area contributed by atoms with Crippen LogP contribution < -0.4 is 15.4 Å². The van der Waals surface area contributed by atoms with Crippen LogP contribution in [0.25, 0.3) is 0 Å². The van der Waals surface area contributed by atoms with Crippen LogP contribution in [0, 0.1) is 9.39 Å². The third-order valence-corrected chi connectivity index (χ3v) is 6.17. The van der Waals surface area contributed by atoms with E-state index in [1.165, 1.54) is 19.2 Å². The maximum Gasteiger partial charge on any atom is 0.325 e. The van der Waals surface area contributed by atoms with E-state index in [1.807, 2.05) is 28.7 Å². The fraction of sp³-hybridized carbons (Fsp3) is 0.160. The lowest BCUT2D eigenvalue weighted by atomic mass is 10.0. The summed E-state index contributed by atoms with van der Waals surface area (Å²) in [6, 6.07) is 17.3. The van der Waals surface area contributed by atoms with Crippen LogP contribution in [-0.4, -0.2) is 35.9 Å². The molecule has 7 nitrogen and oxygen atoms in total. The van der Waals surface area contributed by atoms with E-state index >= 15 is 0 Å². The van der Waals surface area contributed by atoms with E-state index in [0.717, 1.165) is 10.5 Å². The summed E-state index contributed by atoms with van der Waals surface area (Å²) in [6.07, 6.45) is 0.0765. The number of nitrogens with one attached hydrogen (secondary N) is 2. The third-order valence-electron chi connectivity index (χ3n) is 5.50. The average Bonchev–Trinajstić information content (AvgIpc) is 3.13. The maximum absolute atomic E-state index is 14.4. The van der Waals surface area contributed by atoms with E-state index in [9.17, 15) is 18.8 Å². The number of amides is 4. The lowest BCUT2D eigenvalue weighted by Crippen LogP contribution is -2.49. The van der Waals surface area contributed by atoms with Gasteiger partial charge in [-0.25, -0.2) is 14.1 Å². The molecule has 3 aromatic rings. The fourth-order valence-electron chi connectivity index (χ4n) is 3.76. The van der Waals surface area contributed by atoms with Gasteiger partial charge < -0.3 is 15.4 Å². The first-order valence-corrected chi connectivity index (χ1v) is 11.5. The Morgan fingerprint density at radius 2 is 1.82 bits per heavy atom. The molecule has 0 aliphatic carbocycles. The zero-order chi connectivity index (χ0) is 24.2. The van der Waals surface area contributed by atoms with Gasteiger partial charge in [-0.05, 0) is 64.0 Å². The van der Waals surface area contributed by atoms with Gasteiger partial charge in [-0.3, -0.25) is 9.59 Å². The average molecular weight is 573 g/mol. The standard InChI is InChI=1S/C25H21FIN3O4/c1-34-18-10-7-16(8-11-18)22-24(32)30(25(33)29-22)21(13-15-5-3-2-4-6-15)23(31)28-20-12-9-17(27)14-19(20)26/h2-12,14,21-22H,13H2,1H3,(H,28,31)(H,29,33)/t21?,22-/m1/s1. The summed E-state index contributed by atoms with van der Waals surface area (Å²) in [4.78, 5) is 40.4. The van der Waals surface area contributed by atoms with Gasteiger partial charge in [0.05, 0.1) is 12.8 Å². The quantitative estimate of drug-likeness (QED) is 0.327. The maximum atomic E-state index is 14.4. The van der Waals surface area contributed by atoms with Gasteiger partial charge in [0.1, 0.15) is 23.7 Å². The van der Waals surface area contributed by atoms with Gasteiger partial charge in [0.25, 0.3) is 5.91 Å². The number of nitrogens with zero attached hydrogens (tertiary/aromatic N) is 1. The minimum absolute atomic E-state index is 0.0257. The third kappa shape index (κ3) is 5.04. The van der Waals surface area contributed by atoms with Crippen molar-refractivity contribution in [3.05, 3.63) is 93.3 Å². The van der Waals surface area contributed by atoms with E-state index in [0.29, 0.717) is 14.9 Å². The first-order chi connectivity index (χ1) is 16.4. The molecule has 9 heteroatoms. The van der Waals surface area contributed by atoms with Gasteiger partial charge in [0, 0.05) is 9.99 Å². The van der Waals surface area contributed by atoms with Crippen molar-refractivity contribution >= 4 is 46.1 Å². The van der Waals surface area contributed by atoms with Crippen LogP contribution in [0.3, 0.4) is 0 Å². The Morgan fingerprint density at radius 3 is 2.47 bits per heavy atom. The number of methoxy groups -OCH3 is 1. The van der Waals surface area contributed by atoms with Gasteiger partial charge in [0.2, 0.25) is 5.91 Å². The molecule has 1 heterocycles. The van der Waals surface area contributed by atoms with Gasteiger partial charge >= 0.3 is 6.03 Å². The number of hydrogen-bond acceptors (Lipinski definition) is 4. The van der Waals surface area contributed by atoms with Crippen LogP contribution in [0.5, 0.6) is 5.75 Å². The van der Waals surface area contributed by atoms with Gasteiger partial charge in [-0.15, -0.1) is 0 Å². The highest BCUT2D eigenvalue weighted by Crippen LogP contribution is 2.27. The van der Waals surface area contributed by atoms with E-state index in [4.69, 9.17) is 4.74 Å². The molecule has 2 N–H and O–H groups in total. The molecule has 4 rings (SSSR count). The van der Waals surface area contributed by atoms with Crippen molar-refractivity contribution < 1.29 is 23.5 Å². The predicted molar refractivity (Wildman–Crippen MR) is 133 cm³/mol. The SMILES string of the molecule is COc1ccc([C@H]2NC(=O)N(C(Cc3ccccc3)C(=O)Nc3ccc(I)cc3F)C2=O)cc1. The molecule has 0 aromatic heterocycles. The number of carbonyl (C=O) groups excluding carboxylic acids is 3. The van der Waals surface area contributed by atoms with E-state index in [-0.39, 0.29) is 12.1 Å². The Labute approximate surface area is 209 Å². The normalized spacial score (nSPS) is 16.2. The Kier molecular flexibility index (Phi) is 7.11. The summed E-state index contributed by atoms with van der Waals surface area (Å²) in [5, 5.41) is 5.19. The molecule has 0 radical (unpaired) electrons. The topological polar surface area (TPSA) is 87.7 Å². The van der Waals surface area contributed by atoms with Crippen molar-refractivity contribution in [3.8, 4) is 5.75 Å². The first kappa shape index (κ1) is 23.7. The number of hydrogen-bond donors (Lipinski definition) is 2. The molecule has 0 saturated carbocycles. The number of anilines is 1. The molecule has 0 spiro atoms. The second-order valence-corrected chi connectivity index (χ2v) is 8.93. The molecule has 1 fully saturated rings. The molecular weight excluding hydrogens is 552 g/mol. The molecule has 1 aliphatic rings.